The van der Waals surface area contributed by atoms with Crippen molar-refractivity contribution < 1.29 is 14.7 Å². The van der Waals surface area contributed by atoms with Crippen molar-refractivity contribution >= 4 is 23.2 Å². The molecule has 1 aromatic carbocycles. The second-order valence-corrected chi connectivity index (χ2v) is 5.20. The smallest absolute Gasteiger partial charge is 0.335 e. The number of rotatable bonds is 2. The number of carboxylic acids is 1. The molecule has 0 aliphatic carbocycles. The fourth-order valence-corrected chi connectivity index (χ4v) is 2.74. The first-order chi connectivity index (χ1) is 9.15. The Morgan fingerprint density at radius 2 is 2.05 bits per heavy atom. The van der Waals surface area contributed by atoms with Crippen LogP contribution in [0.4, 0.5) is 0 Å². The number of carbonyl (C=O) groups is 2. The monoisotopic (exact) mass is 274 g/mol. The van der Waals surface area contributed by atoms with Crippen LogP contribution in [0, 0.1) is 0 Å². The Labute approximate surface area is 113 Å². The van der Waals surface area contributed by atoms with Gasteiger partial charge in [-0.2, -0.15) is 0 Å². The predicted octanol–water partition coefficient (Wildman–Crippen LogP) is 2.00. The fraction of sp³-hybridized carbons (Fsp3) is 0.154. The van der Waals surface area contributed by atoms with E-state index in [-0.39, 0.29) is 11.5 Å². The predicted molar refractivity (Wildman–Crippen MR) is 69.1 cm³/mol. The summed E-state index contributed by atoms with van der Waals surface area (Å²) in [5.74, 6) is -1.01. The third-order valence-corrected chi connectivity index (χ3v) is 3.87. The van der Waals surface area contributed by atoms with E-state index in [0.29, 0.717) is 18.0 Å². The number of nitrogens with zero attached hydrogens (tertiary/aromatic N) is 2. The van der Waals surface area contributed by atoms with Gasteiger partial charge in [0.25, 0.3) is 5.91 Å². The van der Waals surface area contributed by atoms with Gasteiger partial charge >= 0.3 is 5.97 Å². The summed E-state index contributed by atoms with van der Waals surface area (Å²) in [6.07, 6.45) is 1.55. The lowest BCUT2D eigenvalue weighted by Crippen LogP contribution is -2.24. The molecular weight excluding hydrogens is 264 g/mol. The summed E-state index contributed by atoms with van der Waals surface area (Å²) < 4.78 is 0. The van der Waals surface area contributed by atoms with E-state index in [1.807, 2.05) is 0 Å². The number of carbonyl (C=O) groups excluding carboxylic acids is 1. The summed E-state index contributed by atoms with van der Waals surface area (Å²) in [7, 11) is 0. The van der Waals surface area contributed by atoms with Gasteiger partial charge in [0.15, 0.2) is 0 Å². The highest BCUT2D eigenvalue weighted by Gasteiger charge is 2.25. The van der Waals surface area contributed by atoms with E-state index < -0.39 is 5.97 Å². The van der Waals surface area contributed by atoms with Crippen LogP contribution in [0.15, 0.2) is 29.9 Å². The Bertz CT molecular complexity index is 652. The van der Waals surface area contributed by atoms with Crippen LogP contribution in [-0.2, 0) is 13.1 Å². The quantitative estimate of drug-likeness (QED) is 0.909. The molecule has 1 aliphatic rings. The van der Waals surface area contributed by atoms with Gasteiger partial charge < -0.3 is 10.0 Å². The lowest BCUT2D eigenvalue weighted by molar-refractivity contribution is 0.0696. The first-order valence-corrected chi connectivity index (χ1v) is 6.56. The number of aromatic carboxylic acids is 1. The van der Waals surface area contributed by atoms with Crippen molar-refractivity contribution in [1.29, 1.82) is 0 Å². The van der Waals surface area contributed by atoms with Crippen LogP contribution >= 0.6 is 11.3 Å². The van der Waals surface area contributed by atoms with Crippen molar-refractivity contribution in [2.45, 2.75) is 13.1 Å². The minimum absolute atomic E-state index is 0.0597. The first-order valence-electron chi connectivity index (χ1n) is 5.68. The van der Waals surface area contributed by atoms with Crippen LogP contribution in [0.25, 0.3) is 0 Å². The normalized spacial score (nSPS) is 13.4. The van der Waals surface area contributed by atoms with Gasteiger partial charge in [0.05, 0.1) is 17.3 Å². The highest BCUT2D eigenvalue weighted by molar-refractivity contribution is 7.11. The second kappa shape index (κ2) is 4.47. The Morgan fingerprint density at radius 3 is 2.74 bits per heavy atom. The highest BCUT2D eigenvalue weighted by Crippen LogP contribution is 2.26. The van der Waals surface area contributed by atoms with Gasteiger partial charge in [0.1, 0.15) is 4.88 Å². The van der Waals surface area contributed by atoms with Crippen molar-refractivity contribution in [3.05, 3.63) is 51.5 Å². The number of fused-ring (bicyclic) bond motifs is 1. The minimum Gasteiger partial charge on any atom is -0.478 e. The summed E-state index contributed by atoms with van der Waals surface area (Å²) in [5.41, 5.74) is 3.78. The van der Waals surface area contributed by atoms with E-state index in [1.54, 1.807) is 34.8 Å². The first kappa shape index (κ1) is 11.9. The molecule has 0 saturated heterocycles. The zero-order valence-corrected chi connectivity index (χ0v) is 10.7. The molecule has 0 spiro atoms. The molecule has 1 amide bonds. The van der Waals surface area contributed by atoms with Crippen LogP contribution in [0.3, 0.4) is 0 Å². The van der Waals surface area contributed by atoms with Crippen molar-refractivity contribution in [1.82, 2.24) is 9.88 Å². The third-order valence-electron chi connectivity index (χ3n) is 3.11. The number of amides is 1. The van der Waals surface area contributed by atoms with Crippen LogP contribution in [0.5, 0.6) is 0 Å². The van der Waals surface area contributed by atoms with E-state index in [9.17, 15) is 9.59 Å². The molecule has 0 bridgehead atoms. The van der Waals surface area contributed by atoms with Crippen molar-refractivity contribution in [2.24, 2.45) is 0 Å². The molecule has 0 saturated carbocycles. The molecule has 2 heterocycles. The average Bonchev–Trinajstić information content (AvgIpc) is 3.06. The molecular formula is C13H10N2O3S. The van der Waals surface area contributed by atoms with Gasteiger partial charge in [-0.15, -0.1) is 11.3 Å². The summed E-state index contributed by atoms with van der Waals surface area (Å²) in [5, 5.41) is 8.95. The molecule has 0 radical (unpaired) electrons. The molecule has 0 fully saturated rings. The molecule has 0 atom stereocenters. The number of aromatic nitrogens is 1. The molecule has 2 aromatic rings. The van der Waals surface area contributed by atoms with Gasteiger partial charge in [0, 0.05) is 13.1 Å². The number of benzene rings is 1. The lowest BCUT2D eigenvalue weighted by Gasteiger charge is -2.13. The molecule has 5 nitrogen and oxygen atoms in total. The second-order valence-electron chi connectivity index (χ2n) is 4.32. The Balaban J connectivity index is 1.84. The van der Waals surface area contributed by atoms with Crippen molar-refractivity contribution in [3.8, 4) is 0 Å². The molecule has 1 N–H and O–H groups in total. The maximum atomic E-state index is 12.2. The van der Waals surface area contributed by atoms with Gasteiger partial charge in [-0.05, 0) is 23.3 Å². The van der Waals surface area contributed by atoms with Gasteiger partial charge in [-0.3, -0.25) is 9.78 Å². The van der Waals surface area contributed by atoms with E-state index in [4.69, 9.17) is 5.11 Å². The van der Waals surface area contributed by atoms with E-state index in [0.717, 1.165) is 11.1 Å². The van der Waals surface area contributed by atoms with E-state index >= 15 is 0 Å². The van der Waals surface area contributed by atoms with E-state index in [1.165, 1.54) is 11.3 Å². The van der Waals surface area contributed by atoms with Crippen molar-refractivity contribution in [3.63, 3.8) is 0 Å². The molecule has 1 aromatic heterocycles. The molecule has 1 aliphatic heterocycles. The van der Waals surface area contributed by atoms with Gasteiger partial charge in [0.2, 0.25) is 0 Å². The SMILES string of the molecule is O=C(O)c1ccc2c(c1)CN(C(=O)c1cncs1)C2. The summed E-state index contributed by atoms with van der Waals surface area (Å²) in [6.45, 7) is 0.971. The maximum Gasteiger partial charge on any atom is 0.335 e. The average molecular weight is 274 g/mol. The number of hydrogen-bond acceptors (Lipinski definition) is 4. The fourth-order valence-electron chi connectivity index (χ4n) is 2.15. The Morgan fingerprint density at radius 1 is 1.26 bits per heavy atom. The highest BCUT2D eigenvalue weighted by atomic mass is 32.1. The molecule has 96 valence electrons. The molecule has 6 heteroatoms. The minimum atomic E-state index is -0.949. The number of hydrogen-bond donors (Lipinski definition) is 1. The number of thiazole rings is 1. The van der Waals surface area contributed by atoms with Gasteiger partial charge in [-0.25, -0.2) is 4.79 Å². The summed E-state index contributed by atoms with van der Waals surface area (Å²) in [4.78, 5) is 29.3. The van der Waals surface area contributed by atoms with Crippen LogP contribution in [0.1, 0.15) is 31.2 Å². The van der Waals surface area contributed by atoms with Crippen LogP contribution in [0.2, 0.25) is 0 Å². The largest absolute Gasteiger partial charge is 0.478 e. The molecule has 0 unspecified atom stereocenters. The summed E-state index contributed by atoms with van der Waals surface area (Å²) in [6, 6.07) is 4.98. The maximum absolute atomic E-state index is 12.2. The van der Waals surface area contributed by atoms with Crippen LogP contribution < -0.4 is 0 Å². The van der Waals surface area contributed by atoms with Crippen LogP contribution in [-0.4, -0.2) is 26.9 Å². The van der Waals surface area contributed by atoms with E-state index in [2.05, 4.69) is 4.98 Å². The number of carboxylic acid groups (broad SMARTS) is 1. The third kappa shape index (κ3) is 2.10. The molecule has 3 rings (SSSR count). The van der Waals surface area contributed by atoms with Gasteiger partial charge in [-0.1, -0.05) is 6.07 Å². The van der Waals surface area contributed by atoms with Crippen molar-refractivity contribution in [2.75, 3.05) is 0 Å². The zero-order chi connectivity index (χ0) is 13.4. The lowest BCUT2D eigenvalue weighted by atomic mass is 10.1. The Hall–Kier alpha value is -2.21. The standard InChI is InChI=1S/C13H10N2O3S/c16-12(11-4-14-7-19-11)15-5-9-2-1-8(13(17)18)3-10(9)6-15/h1-4,7H,5-6H2,(H,17,18). The topological polar surface area (TPSA) is 70.5 Å². The Kier molecular flexibility index (Phi) is 2.79. The molecule has 19 heavy (non-hydrogen) atoms. The summed E-state index contributed by atoms with van der Waals surface area (Å²) >= 11 is 1.31. The zero-order valence-electron chi connectivity index (χ0n) is 9.87.